The van der Waals surface area contributed by atoms with Gasteiger partial charge in [0, 0.05) is 11.8 Å². The number of carbonyl (C=O) groups excluding carboxylic acids is 3. The summed E-state index contributed by atoms with van der Waals surface area (Å²) >= 11 is 0. The lowest BCUT2D eigenvalue weighted by molar-refractivity contribution is -0.114. The second kappa shape index (κ2) is 10.4. The van der Waals surface area contributed by atoms with Crippen molar-refractivity contribution in [3.8, 4) is 11.5 Å². The fourth-order valence-corrected chi connectivity index (χ4v) is 4.26. The third-order valence-corrected chi connectivity index (χ3v) is 6.60. The Bertz CT molecular complexity index is 1180. The van der Waals surface area contributed by atoms with Crippen molar-refractivity contribution in [1.82, 2.24) is 0 Å². The summed E-state index contributed by atoms with van der Waals surface area (Å²) in [6, 6.07) is 8.44. The number of fused-ring (bicyclic) bond motifs is 1. The van der Waals surface area contributed by atoms with Gasteiger partial charge in [0.1, 0.15) is 19.8 Å². The molecule has 0 radical (unpaired) electrons. The van der Waals surface area contributed by atoms with Crippen LogP contribution in [0.25, 0.3) is 0 Å². The van der Waals surface area contributed by atoms with Crippen molar-refractivity contribution in [3.05, 3.63) is 47.5 Å². The molecule has 11 nitrogen and oxygen atoms in total. The number of sulfonamides is 1. The number of methoxy groups -OCH3 is 2. The van der Waals surface area contributed by atoms with Gasteiger partial charge in [-0.2, -0.15) is 0 Å². The summed E-state index contributed by atoms with van der Waals surface area (Å²) in [5.41, 5.74) is 0.320. The number of nitrogens with zero attached hydrogens (tertiary/aromatic N) is 1. The maximum atomic E-state index is 12.8. The van der Waals surface area contributed by atoms with Gasteiger partial charge in [-0.3, -0.25) is 9.10 Å². The molecule has 34 heavy (non-hydrogen) atoms. The molecule has 12 heteroatoms. The lowest BCUT2D eigenvalue weighted by atomic mass is 10.1. The van der Waals surface area contributed by atoms with Gasteiger partial charge in [0.2, 0.25) is 15.9 Å². The van der Waals surface area contributed by atoms with Crippen molar-refractivity contribution in [2.24, 2.45) is 0 Å². The van der Waals surface area contributed by atoms with Crippen molar-refractivity contribution in [2.45, 2.75) is 6.92 Å². The molecule has 2 aromatic carbocycles. The van der Waals surface area contributed by atoms with Gasteiger partial charge < -0.3 is 24.3 Å². The molecule has 0 aromatic heterocycles. The zero-order valence-corrected chi connectivity index (χ0v) is 19.6. The number of nitrogens with one attached hydrogen (secondary N) is 1. The predicted octanol–water partition coefficient (Wildman–Crippen LogP) is 1.83. The molecule has 0 fully saturated rings. The van der Waals surface area contributed by atoms with Crippen molar-refractivity contribution in [3.63, 3.8) is 0 Å². The molecular formula is C22H24N2O9S. The van der Waals surface area contributed by atoms with Crippen LogP contribution in [0.2, 0.25) is 0 Å². The van der Waals surface area contributed by atoms with Gasteiger partial charge in [-0.25, -0.2) is 18.0 Å². The number of hydrogen-bond acceptors (Lipinski definition) is 9. The minimum absolute atomic E-state index is 0.00516. The second-order valence-electron chi connectivity index (χ2n) is 7.07. The standard InChI is InChI=1S/C22H24N2O9S/c1-4-34(28,29)24(17-5-6-18-19(12-17)33-8-7-32-18)13-20(25)23-16-10-14(21(26)30-2)9-15(11-16)22(27)31-3/h5-6,9-12H,4,7-8,13H2,1-3H3,(H,23,25). The van der Waals surface area contributed by atoms with Crippen LogP contribution in [0, 0.1) is 0 Å². The Labute approximate surface area is 196 Å². The van der Waals surface area contributed by atoms with Crippen molar-refractivity contribution in [2.75, 3.05) is 49.4 Å². The largest absolute Gasteiger partial charge is 0.486 e. The molecule has 0 unspecified atom stereocenters. The highest BCUT2D eigenvalue weighted by Gasteiger charge is 2.26. The van der Waals surface area contributed by atoms with E-state index in [9.17, 15) is 22.8 Å². The van der Waals surface area contributed by atoms with Crippen LogP contribution in [0.15, 0.2) is 36.4 Å². The highest BCUT2D eigenvalue weighted by atomic mass is 32.2. The fraction of sp³-hybridized carbons (Fsp3) is 0.318. The molecule has 0 atom stereocenters. The van der Waals surface area contributed by atoms with Crippen molar-refractivity contribution in [1.29, 1.82) is 0 Å². The maximum Gasteiger partial charge on any atom is 0.337 e. The number of hydrogen-bond donors (Lipinski definition) is 1. The number of ether oxygens (including phenoxy) is 4. The lowest BCUT2D eigenvalue weighted by Crippen LogP contribution is -2.39. The van der Waals surface area contributed by atoms with E-state index in [1.165, 1.54) is 51.5 Å². The first-order chi connectivity index (χ1) is 16.2. The lowest BCUT2D eigenvalue weighted by Gasteiger charge is -2.25. The topological polar surface area (TPSA) is 138 Å². The molecule has 2 aromatic rings. The van der Waals surface area contributed by atoms with Crippen LogP contribution < -0.4 is 19.1 Å². The van der Waals surface area contributed by atoms with Gasteiger partial charge in [0.15, 0.2) is 11.5 Å². The SMILES string of the molecule is CCS(=O)(=O)N(CC(=O)Nc1cc(C(=O)OC)cc(C(=O)OC)c1)c1ccc2c(c1)OCCO2. The van der Waals surface area contributed by atoms with Crippen LogP contribution >= 0.6 is 0 Å². The highest BCUT2D eigenvalue weighted by molar-refractivity contribution is 7.92. The van der Waals surface area contributed by atoms with Gasteiger partial charge in [0.25, 0.3) is 0 Å². The van der Waals surface area contributed by atoms with E-state index in [-0.39, 0.29) is 28.3 Å². The molecule has 1 aliphatic rings. The Kier molecular flexibility index (Phi) is 7.61. The normalized spacial score (nSPS) is 12.4. The van der Waals surface area contributed by atoms with Crippen LogP contribution in [0.5, 0.6) is 11.5 Å². The molecular weight excluding hydrogens is 468 g/mol. The average Bonchev–Trinajstić information content (AvgIpc) is 2.85. The summed E-state index contributed by atoms with van der Waals surface area (Å²) in [6.45, 7) is 1.59. The predicted molar refractivity (Wildman–Crippen MR) is 122 cm³/mol. The van der Waals surface area contributed by atoms with E-state index in [1.54, 1.807) is 6.07 Å². The Morgan fingerprint density at radius 3 is 2.09 bits per heavy atom. The smallest absolute Gasteiger partial charge is 0.337 e. The van der Waals surface area contributed by atoms with E-state index in [0.29, 0.717) is 24.7 Å². The number of rotatable bonds is 8. The van der Waals surface area contributed by atoms with E-state index in [1.807, 2.05) is 0 Å². The summed E-state index contributed by atoms with van der Waals surface area (Å²) in [7, 11) is -1.50. The molecule has 1 amide bonds. The van der Waals surface area contributed by atoms with E-state index in [2.05, 4.69) is 14.8 Å². The van der Waals surface area contributed by atoms with Gasteiger partial charge in [-0.15, -0.1) is 0 Å². The monoisotopic (exact) mass is 492 g/mol. The summed E-state index contributed by atoms with van der Waals surface area (Å²) in [5, 5.41) is 2.52. The van der Waals surface area contributed by atoms with Crippen molar-refractivity contribution >= 4 is 39.2 Å². The zero-order chi connectivity index (χ0) is 24.9. The molecule has 1 aliphatic heterocycles. The third-order valence-electron chi connectivity index (χ3n) is 4.86. The summed E-state index contributed by atoms with van der Waals surface area (Å²) in [5.74, 6) is -1.57. The number of benzene rings is 2. The number of carbonyl (C=O) groups is 3. The minimum Gasteiger partial charge on any atom is -0.486 e. The van der Waals surface area contributed by atoms with Gasteiger partial charge >= 0.3 is 11.9 Å². The minimum atomic E-state index is -3.85. The molecule has 0 saturated heterocycles. The quantitative estimate of drug-likeness (QED) is 0.547. The average molecular weight is 493 g/mol. The summed E-state index contributed by atoms with van der Waals surface area (Å²) < 4.78 is 46.8. The van der Waals surface area contributed by atoms with Crippen LogP contribution in [0.3, 0.4) is 0 Å². The van der Waals surface area contributed by atoms with Gasteiger partial charge in [-0.05, 0) is 37.3 Å². The molecule has 0 saturated carbocycles. The molecule has 1 N–H and O–H groups in total. The van der Waals surface area contributed by atoms with Crippen LogP contribution in [0.1, 0.15) is 27.6 Å². The summed E-state index contributed by atoms with van der Waals surface area (Å²) in [4.78, 5) is 36.8. The molecule has 0 spiro atoms. The zero-order valence-electron chi connectivity index (χ0n) is 18.8. The Balaban J connectivity index is 1.89. The Morgan fingerprint density at radius 2 is 1.53 bits per heavy atom. The van der Waals surface area contributed by atoms with E-state index in [0.717, 1.165) is 4.31 Å². The first-order valence-corrected chi connectivity index (χ1v) is 11.8. The second-order valence-corrected chi connectivity index (χ2v) is 9.25. The number of esters is 2. The fourth-order valence-electron chi connectivity index (χ4n) is 3.20. The summed E-state index contributed by atoms with van der Waals surface area (Å²) in [6.07, 6.45) is 0. The molecule has 0 aliphatic carbocycles. The van der Waals surface area contributed by atoms with Gasteiger partial charge in [0.05, 0.1) is 36.8 Å². The molecule has 1 heterocycles. The Hall–Kier alpha value is -3.80. The van der Waals surface area contributed by atoms with Crippen molar-refractivity contribution < 1.29 is 41.7 Å². The van der Waals surface area contributed by atoms with Gasteiger partial charge in [-0.1, -0.05) is 0 Å². The molecule has 0 bridgehead atoms. The van der Waals surface area contributed by atoms with E-state index in [4.69, 9.17) is 9.47 Å². The first-order valence-electron chi connectivity index (χ1n) is 10.2. The van der Waals surface area contributed by atoms with Crippen LogP contribution in [-0.4, -0.2) is 66.0 Å². The van der Waals surface area contributed by atoms with E-state index >= 15 is 0 Å². The number of amides is 1. The first kappa shape index (κ1) is 24.8. The highest BCUT2D eigenvalue weighted by Crippen LogP contribution is 2.34. The number of anilines is 2. The van der Waals surface area contributed by atoms with Crippen LogP contribution in [0.4, 0.5) is 11.4 Å². The maximum absolute atomic E-state index is 12.8. The van der Waals surface area contributed by atoms with Crippen LogP contribution in [-0.2, 0) is 24.3 Å². The third kappa shape index (κ3) is 5.57. The molecule has 3 rings (SSSR count). The molecule has 182 valence electrons. The van der Waals surface area contributed by atoms with E-state index < -0.39 is 34.4 Å². The Morgan fingerprint density at radius 1 is 0.941 bits per heavy atom.